The third kappa shape index (κ3) is 2.81. The molecular weight excluding hydrogens is 347 g/mol. The number of nitrogens with zero attached hydrogens (tertiary/aromatic N) is 1. The van der Waals surface area contributed by atoms with Gasteiger partial charge in [-0.25, -0.2) is 4.39 Å². The Morgan fingerprint density at radius 3 is 2.74 bits per heavy atom. The summed E-state index contributed by atoms with van der Waals surface area (Å²) in [5.41, 5.74) is 2.66. The highest BCUT2D eigenvalue weighted by Gasteiger charge is 2.27. The van der Waals surface area contributed by atoms with E-state index in [0.29, 0.717) is 36.1 Å². The molecule has 27 heavy (non-hydrogen) atoms. The van der Waals surface area contributed by atoms with Gasteiger partial charge in [0.15, 0.2) is 11.5 Å². The van der Waals surface area contributed by atoms with Crippen LogP contribution < -0.4 is 9.47 Å². The van der Waals surface area contributed by atoms with Gasteiger partial charge in [-0.2, -0.15) is 0 Å². The second kappa shape index (κ2) is 6.30. The van der Waals surface area contributed by atoms with Crippen LogP contribution in [0.15, 0.2) is 42.6 Å². The quantitative estimate of drug-likeness (QED) is 0.744. The standard InChI is InChI=1S/C21H19FN2O3/c22-15-2-3-16-17(11-23-18(16)10-15)13-5-7-24(8-6-13)21(25)14-1-4-19-20(9-14)27-12-26-19/h1-4,9-11,13,23H,5-8,12H2. The van der Waals surface area contributed by atoms with E-state index in [1.807, 2.05) is 17.2 Å². The summed E-state index contributed by atoms with van der Waals surface area (Å²) in [5.74, 6) is 1.46. The number of ether oxygens (including phenoxy) is 2. The summed E-state index contributed by atoms with van der Waals surface area (Å²) in [6.45, 7) is 1.60. The fourth-order valence-corrected chi connectivity index (χ4v) is 4.06. The average Bonchev–Trinajstić information content (AvgIpc) is 3.33. The molecule has 0 aliphatic carbocycles. The van der Waals surface area contributed by atoms with Crippen molar-refractivity contribution in [2.24, 2.45) is 0 Å². The van der Waals surface area contributed by atoms with Crippen molar-refractivity contribution in [2.75, 3.05) is 19.9 Å². The smallest absolute Gasteiger partial charge is 0.253 e. The van der Waals surface area contributed by atoms with Gasteiger partial charge in [0.1, 0.15) is 5.82 Å². The van der Waals surface area contributed by atoms with E-state index in [-0.39, 0.29) is 18.5 Å². The van der Waals surface area contributed by atoms with Crippen LogP contribution in [0.2, 0.25) is 0 Å². The second-order valence-corrected chi connectivity index (χ2v) is 7.07. The van der Waals surface area contributed by atoms with Crippen molar-refractivity contribution in [3.8, 4) is 11.5 Å². The van der Waals surface area contributed by atoms with E-state index in [4.69, 9.17) is 9.47 Å². The molecule has 1 amide bonds. The number of amides is 1. The molecule has 1 aromatic heterocycles. The van der Waals surface area contributed by atoms with Gasteiger partial charge in [-0.3, -0.25) is 4.79 Å². The number of hydrogen-bond donors (Lipinski definition) is 1. The molecule has 0 unspecified atom stereocenters. The number of hydrogen-bond acceptors (Lipinski definition) is 3. The normalized spacial score (nSPS) is 16.9. The fourth-order valence-electron chi connectivity index (χ4n) is 4.06. The maximum Gasteiger partial charge on any atom is 0.253 e. The molecule has 6 heteroatoms. The number of fused-ring (bicyclic) bond motifs is 2. The number of aromatic amines is 1. The van der Waals surface area contributed by atoms with Crippen LogP contribution in [0.25, 0.3) is 10.9 Å². The predicted molar refractivity (Wildman–Crippen MR) is 98.7 cm³/mol. The molecular formula is C21H19FN2O3. The van der Waals surface area contributed by atoms with Crippen LogP contribution in [-0.2, 0) is 0 Å². The van der Waals surface area contributed by atoms with Crippen LogP contribution in [0.4, 0.5) is 4.39 Å². The number of carbonyl (C=O) groups is 1. The summed E-state index contributed by atoms with van der Waals surface area (Å²) in [6.07, 6.45) is 3.76. The minimum atomic E-state index is -0.236. The zero-order valence-corrected chi connectivity index (χ0v) is 14.7. The van der Waals surface area contributed by atoms with E-state index in [9.17, 15) is 9.18 Å². The Hall–Kier alpha value is -3.02. The average molecular weight is 366 g/mol. The van der Waals surface area contributed by atoms with Crippen molar-refractivity contribution in [2.45, 2.75) is 18.8 Å². The molecule has 2 aliphatic rings. The van der Waals surface area contributed by atoms with Gasteiger partial charge in [-0.05, 0) is 60.7 Å². The number of rotatable bonds is 2. The van der Waals surface area contributed by atoms with Crippen molar-refractivity contribution >= 4 is 16.8 Å². The van der Waals surface area contributed by atoms with E-state index in [2.05, 4.69) is 4.98 Å². The Bertz CT molecular complexity index is 1020. The molecule has 2 aliphatic heterocycles. The molecule has 0 spiro atoms. The number of nitrogens with one attached hydrogen (secondary N) is 1. The lowest BCUT2D eigenvalue weighted by Gasteiger charge is -2.32. The molecule has 0 bridgehead atoms. The highest BCUT2D eigenvalue weighted by Crippen LogP contribution is 2.35. The first kappa shape index (κ1) is 16.2. The van der Waals surface area contributed by atoms with Crippen molar-refractivity contribution < 1.29 is 18.7 Å². The number of likely N-dealkylation sites (tertiary alicyclic amines) is 1. The molecule has 0 saturated carbocycles. The first-order valence-electron chi connectivity index (χ1n) is 9.14. The Labute approximate surface area is 155 Å². The summed E-state index contributed by atoms with van der Waals surface area (Å²) in [5, 5.41) is 1.07. The summed E-state index contributed by atoms with van der Waals surface area (Å²) < 4.78 is 24.1. The van der Waals surface area contributed by atoms with Gasteiger partial charge in [0.05, 0.1) is 0 Å². The number of halogens is 1. The molecule has 3 aromatic rings. The third-order valence-corrected chi connectivity index (χ3v) is 5.52. The Balaban J connectivity index is 1.30. The van der Waals surface area contributed by atoms with Gasteiger partial charge in [0.2, 0.25) is 6.79 Å². The molecule has 1 fully saturated rings. The number of piperidine rings is 1. The monoisotopic (exact) mass is 366 g/mol. The molecule has 5 rings (SSSR count). The zero-order valence-electron chi connectivity index (χ0n) is 14.7. The van der Waals surface area contributed by atoms with E-state index in [1.165, 1.54) is 17.7 Å². The van der Waals surface area contributed by atoms with Crippen LogP contribution in [0.3, 0.4) is 0 Å². The lowest BCUT2D eigenvalue weighted by Crippen LogP contribution is -2.37. The number of carbonyl (C=O) groups excluding carboxylic acids is 1. The van der Waals surface area contributed by atoms with Gasteiger partial charge in [0.25, 0.3) is 5.91 Å². The van der Waals surface area contributed by atoms with Crippen LogP contribution >= 0.6 is 0 Å². The van der Waals surface area contributed by atoms with E-state index in [0.717, 1.165) is 23.7 Å². The van der Waals surface area contributed by atoms with Crippen molar-refractivity contribution in [1.82, 2.24) is 9.88 Å². The SMILES string of the molecule is O=C(c1ccc2c(c1)OCO2)N1CCC(c2c[nH]c3cc(F)ccc23)CC1. The van der Waals surface area contributed by atoms with Gasteiger partial charge < -0.3 is 19.4 Å². The minimum absolute atomic E-state index is 0.0211. The number of aromatic nitrogens is 1. The van der Waals surface area contributed by atoms with Crippen LogP contribution in [0.1, 0.15) is 34.7 Å². The summed E-state index contributed by atoms with van der Waals surface area (Å²) in [6, 6.07) is 10.2. The maximum absolute atomic E-state index is 13.4. The van der Waals surface area contributed by atoms with Gasteiger partial charge >= 0.3 is 0 Å². The first-order chi connectivity index (χ1) is 13.2. The Morgan fingerprint density at radius 1 is 1.07 bits per heavy atom. The largest absolute Gasteiger partial charge is 0.454 e. The van der Waals surface area contributed by atoms with Gasteiger partial charge in [0, 0.05) is 35.8 Å². The molecule has 1 saturated heterocycles. The van der Waals surface area contributed by atoms with E-state index >= 15 is 0 Å². The van der Waals surface area contributed by atoms with Gasteiger partial charge in [-0.15, -0.1) is 0 Å². The maximum atomic E-state index is 13.4. The molecule has 2 aromatic carbocycles. The fraction of sp³-hybridized carbons (Fsp3) is 0.286. The molecule has 0 radical (unpaired) electrons. The lowest BCUT2D eigenvalue weighted by atomic mass is 9.89. The van der Waals surface area contributed by atoms with E-state index < -0.39 is 0 Å². The highest BCUT2D eigenvalue weighted by molar-refractivity contribution is 5.95. The predicted octanol–water partition coefficient (Wildman–Crippen LogP) is 4.06. The summed E-state index contributed by atoms with van der Waals surface area (Å²) in [7, 11) is 0. The second-order valence-electron chi connectivity index (χ2n) is 7.07. The first-order valence-corrected chi connectivity index (χ1v) is 9.14. The Morgan fingerprint density at radius 2 is 1.89 bits per heavy atom. The lowest BCUT2D eigenvalue weighted by molar-refractivity contribution is 0.0713. The van der Waals surface area contributed by atoms with Crippen LogP contribution in [-0.4, -0.2) is 35.7 Å². The number of H-pyrrole nitrogens is 1. The Kier molecular flexibility index (Phi) is 3.77. The molecule has 138 valence electrons. The molecule has 1 N–H and O–H groups in total. The summed E-state index contributed by atoms with van der Waals surface area (Å²) in [4.78, 5) is 17.9. The zero-order chi connectivity index (χ0) is 18.4. The molecule has 5 nitrogen and oxygen atoms in total. The van der Waals surface area contributed by atoms with Crippen molar-refractivity contribution in [3.63, 3.8) is 0 Å². The van der Waals surface area contributed by atoms with Crippen molar-refractivity contribution in [1.29, 1.82) is 0 Å². The van der Waals surface area contributed by atoms with E-state index in [1.54, 1.807) is 18.2 Å². The van der Waals surface area contributed by atoms with Crippen LogP contribution in [0, 0.1) is 5.82 Å². The van der Waals surface area contributed by atoms with Crippen molar-refractivity contribution in [3.05, 3.63) is 59.5 Å². The third-order valence-electron chi connectivity index (χ3n) is 5.52. The minimum Gasteiger partial charge on any atom is -0.454 e. The van der Waals surface area contributed by atoms with Gasteiger partial charge in [-0.1, -0.05) is 0 Å². The number of benzene rings is 2. The highest BCUT2D eigenvalue weighted by atomic mass is 19.1. The van der Waals surface area contributed by atoms with Crippen LogP contribution in [0.5, 0.6) is 11.5 Å². The summed E-state index contributed by atoms with van der Waals surface area (Å²) >= 11 is 0. The topological polar surface area (TPSA) is 54.6 Å². The molecule has 0 atom stereocenters. The molecule has 3 heterocycles.